The molecule has 4 nitrogen and oxygen atoms in total. The molecule has 0 radical (unpaired) electrons. The van der Waals surface area contributed by atoms with E-state index in [1.54, 1.807) is 17.2 Å². The highest BCUT2D eigenvalue weighted by Crippen LogP contribution is 2.41. The van der Waals surface area contributed by atoms with Crippen molar-refractivity contribution in [2.75, 3.05) is 0 Å². The first kappa shape index (κ1) is 8.41. The Morgan fingerprint density at radius 2 is 2.14 bits per heavy atom. The van der Waals surface area contributed by atoms with E-state index in [9.17, 15) is 0 Å². The summed E-state index contributed by atoms with van der Waals surface area (Å²) in [6.45, 7) is 3.28. The molecule has 1 aromatic rings. The molecule has 2 saturated heterocycles. The van der Waals surface area contributed by atoms with E-state index in [1.165, 1.54) is 19.3 Å². The minimum Gasteiger partial charge on any atom is -0.307 e. The average Bonchev–Trinajstić information content (AvgIpc) is 2.53. The van der Waals surface area contributed by atoms with Crippen molar-refractivity contribution in [3.8, 4) is 0 Å². The number of nitrogens with one attached hydrogen (secondary N) is 1. The van der Waals surface area contributed by atoms with E-state index < -0.39 is 0 Å². The van der Waals surface area contributed by atoms with Gasteiger partial charge in [0.05, 0.1) is 18.9 Å². The third-order valence-electron chi connectivity index (χ3n) is 3.48. The van der Waals surface area contributed by atoms with Gasteiger partial charge in [-0.3, -0.25) is 0 Å². The van der Waals surface area contributed by atoms with E-state index in [1.807, 2.05) is 0 Å². The number of hydrogen-bond donors (Lipinski definition) is 1. The van der Waals surface area contributed by atoms with Gasteiger partial charge in [0, 0.05) is 11.6 Å². The van der Waals surface area contributed by atoms with Gasteiger partial charge in [0.1, 0.15) is 0 Å². The summed E-state index contributed by atoms with van der Waals surface area (Å²) in [6.07, 6.45) is 7.41. The summed E-state index contributed by atoms with van der Waals surface area (Å²) in [5.41, 5.74) is 0.307. The number of hydrogen-bond acceptors (Lipinski definition) is 3. The summed E-state index contributed by atoms with van der Waals surface area (Å²) in [4.78, 5) is 1.81. The molecule has 3 aliphatic rings. The largest absolute Gasteiger partial charge is 0.307 e. The van der Waals surface area contributed by atoms with Gasteiger partial charge in [-0.25, -0.2) is 0 Å². The van der Waals surface area contributed by atoms with Crippen LogP contribution in [-0.2, 0) is 6.54 Å². The molecular weight excluding hydrogens is 176 g/mol. The fourth-order valence-corrected chi connectivity index (χ4v) is 3.17. The summed E-state index contributed by atoms with van der Waals surface area (Å²) in [7, 11) is 0. The Labute approximate surface area is 83.7 Å². The fraction of sp³-hybridized carbons (Fsp3) is 0.800. The Bertz CT molecular complexity index is 313. The van der Waals surface area contributed by atoms with Gasteiger partial charge in [-0.1, -0.05) is 6.92 Å². The first-order chi connectivity index (χ1) is 6.76. The lowest BCUT2D eigenvalue weighted by molar-refractivity contribution is 0.0185. The third-order valence-corrected chi connectivity index (χ3v) is 3.48. The second kappa shape index (κ2) is 2.79. The van der Waals surface area contributed by atoms with Crippen LogP contribution in [0.1, 0.15) is 26.2 Å². The van der Waals surface area contributed by atoms with Crippen LogP contribution in [0.3, 0.4) is 0 Å². The Kier molecular flexibility index (Phi) is 1.68. The molecule has 1 aliphatic carbocycles. The van der Waals surface area contributed by atoms with Gasteiger partial charge in [-0.05, 0) is 25.2 Å². The fourth-order valence-electron chi connectivity index (χ4n) is 3.17. The molecule has 0 amide bonds. The Morgan fingerprint density at radius 1 is 1.43 bits per heavy atom. The van der Waals surface area contributed by atoms with Gasteiger partial charge >= 0.3 is 0 Å². The van der Waals surface area contributed by atoms with Crippen LogP contribution in [0, 0.1) is 5.92 Å². The minimum atomic E-state index is 0.307. The molecule has 0 aromatic carbocycles. The Balaban J connectivity index is 1.73. The van der Waals surface area contributed by atoms with Gasteiger partial charge in [0.15, 0.2) is 0 Å². The zero-order chi connectivity index (χ0) is 9.60. The number of aromatic nitrogens is 3. The molecule has 1 N–H and O–H groups in total. The smallest absolute Gasteiger partial charge is 0.0789 e. The van der Waals surface area contributed by atoms with Gasteiger partial charge in [-0.2, -0.15) is 15.0 Å². The van der Waals surface area contributed by atoms with E-state index in [-0.39, 0.29) is 0 Å². The first-order valence-electron chi connectivity index (χ1n) is 5.38. The second-order valence-corrected chi connectivity index (χ2v) is 4.93. The van der Waals surface area contributed by atoms with Crippen LogP contribution < -0.4 is 5.32 Å². The van der Waals surface area contributed by atoms with Crippen molar-refractivity contribution in [2.24, 2.45) is 5.92 Å². The molecule has 4 rings (SSSR count). The predicted molar refractivity (Wildman–Crippen MR) is 52.7 cm³/mol. The van der Waals surface area contributed by atoms with Gasteiger partial charge in [0.2, 0.25) is 0 Å². The maximum absolute atomic E-state index is 4.17. The van der Waals surface area contributed by atoms with E-state index in [4.69, 9.17) is 0 Å². The Morgan fingerprint density at radius 3 is 2.79 bits per heavy atom. The van der Waals surface area contributed by atoms with Crippen LogP contribution in [0.2, 0.25) is 0 Å². The first-order valence-corrected chi connectivity index (χ1v) is 5.38. The summed E-state index contributed by atoms with van der Waals surface area (Å²) in [6, 6.07) is 0.759. The van der Waals surface area contributed by atoms with Crippen LogP contribution in [0.15, 0.2) is 12.4 Å². The highest BCUT2D eigenvalue weighted by Gasteiger charge is 2.49. The van der Waals surface area contributed by atoms with E-state index in [0.29, 0.717) is 5.54 Å². The maximum atomic E-state index is 4.17. The van der Waals surface area contributed by atoms with Crippen molar-refractivity contribution < 1.29 is 0 Å². The molecule has 3 atom stereocenters. The zero-order valence-electron chi connectivity index (χ0n) is 8.48. The lowest BCUT2D eigenvalue weighted by Gasteiger charge is -2.55. The lowest BCUT2D eigenvalue weighted by Crippen LogP contribution is -2.69. The molecule has 0 spiro atoms. The monoisotopic (exact) mass is 192 g/mol. The molecular formula is C10H16N4. The molecule has 2 aliphatic heterocycles. The highest BCUT2D eigenvalue weighted by atomic mass is 15.5. The summed E-state index contributed by atoms with van der Waals surface area (Å²) >= 11 is 0. The molecule has 76 valence electrons. The van der Waals surface area contributed by atoms with Crippen LogP contribution in [0.4, 0.5) is 0 Å². The standard InChI is InChI=1S/C10H16N4/c1-8-4-9-6-10(5-8,13-9)7-14-11-2-3-12-14/h2-3,8-9,13H,4-7H2,1H3. The predicted octanol–water partition coefficient (Wildman–Crippen LogP) is 0.809. The average molecular weight is 192 g/mol. The molecule has 3 heterocycles. The van der Waals surface area contributed by atoms with Crippen LogP contribution in [0.5, 0.6) is 0 Å². The summed E-state index contributed by atoms with van der Waals surface area (Å²) in [5.74, 6) is 0.852. The van der Waals surface area contributed by atoms with Crippen molar-refractivity contribution in [3.63, 3.8) is 0 Å². The molecule has 4 heteroatoms. The quantitative estimate of drug-likeness (QED) is 0.754. The molecule has 3 unspecified atom stereocenters. The van der Waals surface area contributed by atoms with E-state index in [0.717, 1.165) is 18.5 Å². The number of rotatable bonds is 2. The summed E-state index contributed by atoms with van der Waals surface area (Å²) < 4.78 is 0. The van der Waals surface area contributed by atoms with Crippen LogP contribution >= 0.6 is 0 Å². The molecule has 3 fully saturated rings. The van der Waals surface area contributed by atoms with Crippen LogP contribution in [0.25, 0.3) is 0 Å². The van der Waals surface area contributed by atoms with Crippen molar-refractivity contribution in [1.82, 2.24) is 20.3 Å². The molecule has 1 aromatic heterocycles. The normalized spacial score (nSPS) is 40.6. The maximum Gasteiger partial charge on any atom is 0.0789 e. The van der Waals surface area contributed by atoms with Crippen molar-refractivity contribution in [1.29, 1.82) is 0 Å². The number of fused-ring (bicyclic) bond motifs is 2. The molecule has 1 saturated carbocycles. The highest BCUT2D eigenvalue weighted by molar-refractivity contribution is 5.07. The minimum absolute atomic E-state index is 0.307. The molecule has 2 bridgehead atoms. The van der Waals surface area contributed by atoms with Crippen molar-refractivity contribution >= 4 is 0 Å². The summed E-state index contributed by atoms with van der Waals surface area (Å²) in [5, 5.41) is 12.0. The SMILES string of the molecule is CC1CC2CC(Cn3nccn3)(C1)N2. The zero-order valence-corrected chi connectivity index (χ0v) is 8.48. The van der Waals surface area contributed by atoms with E-state index >= 15 is 0 Å². The van der Waals surface area contributed by atoms with E-state index in [2.05, 4.69) is 22.4 Å². The third kappa shape index (κ3) is 1.25. The second-order valence-electron chi connectivity index (χ2n) is 4.93. The van der Waals surface area contributed by atoms with Gasteiger partial charge < -0.3 is 5.32 Å². The van der Waals surface area contributed by atoms with Crippen molar-refractivity contribution in [2.45, 2.75) is 44.3 Å². The van der Waals surface area contributed by atoms with Crippen LogP contribution in [-0.4, -0.2) is 26.6 Å². The molecule has 14 heavy (non-hydrogen) atoms. The van der Waals surface area contributed by atoms with Gasteiger partial charge in [-0.15, -0.1) is 0 Å². The van der Waals surface area contributed by atoms with Crippen molar-refractivity contribution in [3.05, 3.63) is 12.4 Å². The number of nitrogens with zero attached hydrogens (tertiary/aromatic N) is 3. The lowest BCUT2D eigenvalue weighted by atomic mass is 9.66. The Hall–Kier alpha value is -0.900. The number of piperidine rings is 1. The topological polar surface area (TPSA) is 42.7 Å². The van der Waals surface area contributed by atoms with Gasteiger partial charge in [0.25, 0.3) is 0 Å².